The lowest BCUT2D eigenvalue weighted by molar-refractivity contribution is -0.130. The fourth-order valence-corrected chi connectivity index (χ4v) is 1.86. The van der Waals surface area contributed by atoms with E-state index in [1.165, 1.54) is 43.5 Å². The molecule has 21 heavy (non-hydrogen) atoms. The molecule has 0 aliphatic carbocycles. The van der Waals surface area contributed by atoms with E-state index in [4.69, 9.17) is 4.74 Å². The van der Waals surface area contributed by atoms with Gasteiger partial charge in [-0.25, -0.2) is 4.79 Å². The predicted octanol–water partition coefficient (Wildman–Crippen LogP) is 2.73. The van der Waals surface area contributed by atoms with Crippen molar-refractivity contribution in [2.24, 2.45) is 0 Å². The zero-order chi connectivity index (χ0) is 15.4. The molecular formula is C16H14O5. The van der Waals surface area contributed by atoms with E-state index >= 15 is 0 Å². The van der Waals surface area contributed by atoms with Crippen LogP contribution in [0.2, 0.25) is 0 Å². The predicted molar refractivity (Wildman–Crippen MR) is 78.3 cm³/mol. The molecule has 0 bridgehead atoms. The zero-order valence-corrected chi connectivity index (χ0v) is 11.3. The van der Waals surface area contributed by atoms with E-state index in [2.05, 4.69) is 0 Å². The molecule has 0 amide bonds. The number of carboxylic acids is 1. The molecule has 0 spiro atoms. The number of aliphatic carboxylic acids is 1. The summed E-state index contributed by atoms with van der Waals surface area (Å²) in [5.41, 5.74) is 1.12. The van der Waals surface area contributed by atoms with Gasteiger partial charge in [-0.15, -0.1) is 0 Å². The molecule has 0 aliphatic rings. The first kappa shape index (κ1) is 14.5. The Labute approximate surface area is 121 Å². The number of methoxy groups -OCH3 is 1. The molecule has 0 aliphatic heterocycles. The second-order valence-electron chi connectivity index (χ2n) is 4.34. The standard InChI is InChI=1S/C16H14O5/c1-21-15-9-10(2-7-14(15)18)8-13(16(19)20)11-3-5-12(17)6-4-11/h2-9,17-18H,1H3,(H,19,20)/b13-8-. The van der Waals surface area contributed by atoms with Crippen LogP contribution in [-0.2, 0) is 4.79 Å². The van der Waals surface area contributed by atoms with E-state index in [0.717, 1.165) is 0 Å². The summed E-state index contributed by atoms with van der Waals surface area (Å²) in [6, 6.07) is 10.4. The third-order valence-corrected chi connectivity index (χ3v) is 2.92. The van der Waals surface area contributed by atoms with Crippen LogP contribution in [0.4, 0.5) is 0 Å². The molecule has 0 aromatic heterocycles. The van der Waals surface area contributed by atoms with Gasteiger partial charge in [0, 0.05) is 0 Å². The Bertz CT molecular complexity index is 686. The van der Waals surface area contributed by atoms with Crippen molar-refractivity contribution in [1.29, 1.82) is 0 Å². The summed E-state index contributed by atoms with van der Waals surface area (Å²) in [4.78, 5) is 11.4. The molecule has 2 aromatic carbocycles. The van der Waals surface area contributed by atoms with Crippen molar-refractivity contribution >= 4 is 17.6 Å². The SMILES string of the molecule is COc1cc(/C=C(\C(=O)O)c2ccc(O)cc2)ccc1O. The largest absolute Gasteiger partial charge is 0.508 e. The minimum absolute atomic E-state index is 0.0174. The summed E-state index contributed by atoms with van der Waals surface area (Å²) >= 11 is 0. The zero-order valence-electron chi connectivity index (χ0n) is 11.3. The van der Waals surface area contributed by atoms with E-state index in [0.29, 0.717) is 11.1 Å². The van der Waals surface area contributed by atoms with E-state index in [1.54, 1.807) is 12.1 Å². The van der Waals surface area contributed by atoms with Gasteiger partial charge in [-0.1, -0.05) is 18.2 Å². The highest BCUT2D eigenvalue weighted by Crippen LogP contribution is 2.28. The number of phenols is 2. The Hall–Kier alpha value is -2.95. The van der Waals surface area contributed by atoms with Gasteiger partial charge in [-0.05, 0) is 41.5 Å². The lowest BCUT2D eigenvalue weighted by Crippen LogP contribution is -1.99. The number of phenolic OH excluding ortho intramolecular Hbond substituents is 2. The van der Waals surface area contributed by atoms with Crippen molar-refractivity contribution in [3.63, 3.8) is 0 Å². The van der Waals surface area contributed by atoms with E-state index in [-0.39, 0.29) is 22.8 Å². The maximum absolute atomic E-state index is 11.4. The number of aromatic hydroxyl groups is 2. The lowest BCUT2D eigenvalue weighted by atomic mass is 10.0. The van der Waals surface area contributed by atoms with Gasteiger partial charge >= 0.3 is 5.97 Å². The normalized spacial score (nSPS) is 11.2. The Morgan fingerprint density at radius 3 is 2.33 bits per heavy atom. The number of benzene rings is 2. The van der Waals surface area contributed by atoms with E-state index in [9.17, 15) is 20.1 Å². The molecule has 0 atom stereocenters. The van der Waals surface area contributed by atoms with Crippen LogP contribution < -0.4 is 4.74 Å². The molecule has 2 rings (SSSR count). The fourth-order valence-electron chi connectivity index (χ4n) is 1.86. The van der Waals surface area contributed by atoms with Gasteiger partial charge in [0.25, 0.3) is 0 Å². The maximum Gasteiger partial charge on any atom is 0.336 e. The molecule has 0 saturated carbocycles. The van der Waals surface area contributed by atoms with Gasteiger partial charge in [0.05, 0.1) is 12.7 Å². The molecule has 0 fully saturated rings. The highest BCUT2D eigenvalue weighted by Gasteiger charge is 2.11. The van der Waals surface area contributed by atoms with Crippen LogP contribution in [0.5, 0.6) is 17.2 Å². The first-order chi connectivity index (χ1) is 10.0. The van der Waals surface area contributed by atoms with Crippen molar-refractivity contribution in [1.82, 2.24) is 0 Å². The number of carbonyl (C=O) groups is 1. The smallest absolute Gasteiger partial charge is 0.336 e. The molecule has 0 heterocycles. The van der Waals surface area contributed by atoms with Crippen LogP contribution in [0.3, 0.4) is 0 Å². The Morgan fingerprint density at radius 2 is 1.76 bits per heavy atom. The monoisotopic (exact) mass is 286 g/mol. The van der Waals surface area contributed by atoms with Crippen molar-refractivity contribution in [2.75, 3.05) is 7.11 Å². The van der Waals surface area contributed by atoms with Crippen molar-refractivity contribution < 1.29 is 24.9 Å². The third-order valence-electron chi connectivity index (χ3n) is 2.92. The average molecular weight is 286 g/mol. The van der Waals surface area contributed by atoms with Gasteiger partial charge in [0.15, 0.2) is 11.5 Å². The minimum atomic E-state index is -1.09. The van der Waals surface area contributed by atoms with Crippen molar-refractivity contribution in [2.45, 2.75) is 0 Å². The summed E-state index contributed by atoms with van der Waals surface area (Å²) in [5.74, 6) is -0.780. The molecule has 2 aromatic rings. The molecule has 0 unspecified atom stereocenters. The van der Waals surface area contributed by atoms with E-state index in [1.807, 2.05) is 0 Å². The topological polar surface area (TPSA) is 87.0 Å². The van der Waals surface area contributed by atoms with Gasteiger partial charge in [-0.2, -0.15) is 0 Å². The summed E-state index contributed by atoms with van der Waals surface area (Å²) in [7, 11) is 1.42. The van der Waals surface area contributed by atoms with Crippen LogP contribution in [0.1, 0.15) is 11.1 Å². The number of hydrogen-bond donors (Lipinski definition) is 3. The quantitative estimate of drug-likeness (QED) is 0.594. The second kappa shape index (κ2) is 6.00. The van der Waals surface area contributed by atoms with Gasteiger partial charge in [0.1, 0.15) is 5.75 Å². The number of carboxylic acid groups (broad SMARTS) is 1. The van der Waals surface area contributed by atoms with Gasteiger partial charge in [0.2, 0.25) is 0 Å². The summed E-state index contributed by atoms with van der Waals surface area (Å²) in [6.45, 7) is 0. The molecule has 0 radical (unpaired) electrons. The second-order valence-corrected chi connectivity index (χ2v) is 4.34. The van der Waals surface area contributed by atoms with Gasteiger partial charge in [-0.3, -0.25) is 0 Å². The summed E-state index contributed by atoms with van der Waals surface area (Å²) in [6.07, 6.45) is 1.47. The molecule has 3 N–H and O–H groups in total. The lowest BCUT2D eigenvalue weighted by Gasteiger charge is -2.06. The highest BCUT2D eigenvalue weighted by atomic mass is 16.5. The molecular weight excluding hydrogens is 272 g/mol. The van der Waals surface area contributed by atoms with Gasteiger partial charge < -0.3 is 20.1 Å². The first-order valence-electron chi connectivity index (χ1n) is 6.12. The van der Waals surface area contributed by atoms with Crippen LogP contribution in [-0.4, -0.2) is 28.4 Å². The van der Waals surface area contributed by atoms with Crippen molar-refractivity contribution in [3.05, 3.63) is 53.6 Å². The third kappa shape index (κ3) is 3.33. The molecule has 5 nitrogen and oxygen atoms in total. The first-order valence-corrected chi connectivity index (χ1v) is 6.12. The number of rotatable bonds is 4. The molecule has 0 saturated heterocycles. The minimum Gasteiger partial charge on any atom is -0.508 e. The fraction of sp³-hybridized carbons (Fsp3) is 0.0625. The average Bonchev–Trinajstić information content (AvgIpc) is 2.47. The van der Waals surface area contributed by atoms with Crippen LogP contribution in [0.25, 0.3) is 11.6 Å². The number of ether oxygens (including phenoxy) is 1. The van der Waals surface area contributed by atoms with Crippen LogP contribution in [0.15, 0.2) is 42.5 Å². The summed E-state index contributed by atoms with van der Waals surface area (Å²) < 4.78 is 4.99. The van der Waals surface area contributed by atoms with Crippen LogP contribution >= 0.6 is 0 Å². The van der Waals surface area contributed by atoms with E-state index < -0.39 is 5.97 Å². The Balaban J connectivity index is 2.47. The van der Waals surface area contributed by atoms with Crippen LogP contribution in [0, 0.1) is 0 Å². The van der Waals surface area contributed by atoms with Crippen molar-refractivity contribution in [3.8, 4) is 17.2 Å². The number of hydrogen-bond acceptors (Lipinski definition) is 4. The molecule has 108 valence electrons. The highest BCUT2D eigenvalue weighted by molar-refractivity contribution is 6.20. The maximum atomic E-state index is 11.4. The Kier molecular flexibility index (Phi) is 4.13. The Morgan fingerprint density at radius 1 is 1.10 bits per heavy atom. The summed E-state index contributed by atoms with van der Waals surface area (Å²) in [5, 5.41) is 28.1. The molecule has 5 heteroatoms.